The molecule has 5 heteroatoms. The molecule has 1 heterocycles. The van der Waals surface area contributed by atoms with Gasteiger partial charge in [-0.2, -0.15) is 5.10 Å². The molecule has 1 aromatic carbocycles. The van der Waals surface area contributed by atoms with Crippen LogP contribution in [-0.2, 0) is 0 Å². The zero-order chi connectivity index (χ0) is 11.5. The number of benzene rings is 1. The molecule has 0 aliphatic rings. The minimum atomic E-state index is -0.268. The highest BCUT2D eigenvalue weighted by Gasteiger charge is 1.98. The van der Waals surface area contributed by atoms with E-state index in [1.165, 1.54) is 16.8 Å². The highest BCUT2D eigenvalue weighted by molar-refractivity contribution is 5.79. The summed E-state index contributed by atoms with van der Waals surface area (Å²) in [5, 5.41) is 4.11. The van der Waals surface area contributed by atoms with E-state index in [-0.39, 0.29) is 5.82 Å². The molecule has 0 saturated heterocycles. The van der Waals surface area contributed by atoms with Crippen LogP contribution in [0, 0.1) is 12.7 Å². The topological polar surface area (TPSA) is 56.2 Å². The first-order chi connectivity index (χ1) is 7.65. The molecular formula is C11H11FN4. The van der Waals surface area contributed by atoms with Crippen molar-refractivity contribution in [3.8, 4) is 0 Å². The maximum atomic E-state index is 12.6. The number of nitrogens with zero attached hydrogens (tertiary/aromatic N) is 3. The van der Waals surface area contributed by atoms with E-state index in [4.69, 9.17) is 5.73 Å². The van der Waals surface area contributed by atoms with Crippen molar-refractivity contribution >= 4 is 12.2 Å². The van der Waals surface area contributed by atoms with Crippen LogP contribution in [0.1, 0.15) is 11.3 Å². The van der Waals surface area contributed by atoms with Crippen LogP contribution >= 0.6 is 0 Å². The van der Waals surface area contributed by atoms with Gasteiger partial charge in [0.25, 0.3) is 0 Å². The Morgan fingerprint density at radius 2 is 2.06 bits per heavy atom. The molecule has 2 N–H and O–H groups in total. The summed E-state index contributed by atoms with van der Waals surface area (Å²) >= 11 is 0. The van der Waals surface area contributed by atoms with Crippen LogP contribution in [0.15, 0.2) is 35.6 Å². The number of imidazole rings is 1. The van der Waals surface area contributed by atoms with Gasteiger partial charge < -0.3 is 5.73 Å². The van der Waals surface area contributed by atoms with Crippen LogP contribution in [0.2, 0.25) is 0 Å². The van der Waals surface area contributed by atoms with Crippen LogP contribution in [0.4, 0.5) is 10.3 Å². The Labute approximate surface area is 92.2 Å². The third kappa shape index (κ3) is 2.25. The Bertz CT molecular complexity index is 513. The highest BCUT2D eigenvalue weighted by Crippen LogP contribution is 2.04. The summed E-state index contributed by atoms with van der Waals surface area (Å²) in [7, 11) is 0. The molecule has 82 valence electrons. The van der Waals surface area contributed by atoms with Gasteiger partial charge in [0.2, 0.25) is 5.95 Å². The molecule has 0 saturated carbocycles. The molecule has 4 nitrogen and oxygen atoms in total. The van der Waals surface area contributed by atoms with E-state index in [1.807, 2.05) is 6.92 Å². The second kappa shape index (κ2) is 4.14. The molecular weight excluding hydrogens is 207 g/mol. The van der Waals surface area contributed by atoms with E-state index < -0.39 is 0 Å². The lowest BCUT2D eigenvalue weighted by molar-refractivity contribution is 0.628. The van der Waals surface area contributed by atoms with Crippen molar-refractivity contribution in [2.75, 3.05) is 5.73 Å². The van der Waals surface area contributed by atoms with Crippen LogP contribution < -0.4 is 5.73 Å². The molecule has 0 fully saturated rings. The van der Waals surface area contributed by atoms with E-state index in [9.17, 15) is 4.39 Å². The van der Waals surface area contributed by atoms with Gasteiger partial charge in [-0.05, 0) is 24.6 Å². The van der Waals surface area contributed by atoms with E-state index >= 15 is 0 Å². The molecule has 0 amide bonds. The second-order valence-electron chi connectivity index (χ2n) is 3.38. The molecule has 0 aliphatic carbocycles. The van der Waals surface area contributed by atoms with Crippen molar-refractivity contribution in [1.29, 1.82) is 0 Å². The number of hydrogen-bond acceptors (Lipinski definition) is 3. The van der Waals surface area contributed by atoms with Crippen molar-refractivity contribution in [1.82, 2.24) is 9.66 Å². The van der Waals surface area contributed by atoms with Crippen LogP contribution in [0.3, 0.4) is 0 Å². The summed E-state index contributed by atoms with van der Waals surface area (Å²) in [6.07, 6.45) is 3.31. The Morgan fingerprint density at radius 1 is 1.38 bits per heavy atom. The van der Waals surface area contributed by atoms with Crippen molar-refractivity contribution in [3.05, 3.63) is 47.5 Å². The number of anilines is 1. The smallest absolute Gasteiger partial charge is 0.221 e. The fourth-order valence-corrected chi connectivity index (χ4v) is 1.27. The Balaban J connectivity index is 2.21. The molecule has 2 rings (SSSR count). The minimum absolute atomic E-state index is 0.268. The predicted octanol–water partition coefficient (Wildman–Crippen LogP) is 1.80. The normalized spacial score (nSPS) is 11.1. The van der Waals surface area contributed by atoms with Crippen molar-refractivity contribution in [2.24, 2.45) is 5.10 Å². The number of halogens is 1. The molecule has 16 heavy (non-hydrogen) atoms. The molecule has 2 aromatic rings. The van der Waals surface area contributed by atoms with Crippen LogP contribution in [0.5, 0.6) is 0 Å². The summed E-state index contributed by atoms with van der Waals surface area (Å²) in [6.45, 7) is 1.83. The zero-order valence-electron chi connectivity index (χ0n) is 8.76. The number of hydrogen-bond donors (Lipinski definition) is 1. The van der Waals surface area contributed by atoms with Crippen molar-refractivity contribution < 1.29 is 4.39 Å². The SMILES string of the molecule is Cc1cn(N=Cc2ccc(F)cc2)c(N)n1. The Morgan fingerprint density at radius 3 is 2.62 bits per heavy atom. The molecule has 0 radical (unpaired) electrons. The third-order valence-corrected chi connectivity index (χ3v) is 2.04. The van der Waals surface area contributed by atoms with Gasteiger partial charge in [0.15, 0.2) is 0 Å². The number of aromatic nitrogens is 2. The quantitative estimate of drug-likeness (QED) is 0.781. The predicted molar refractivity (Wildman–Crippen MR) is 60.8 cm³/mol. The zero-order valence-corrected chi connectivity index (χ0v) is 8.76. The fraction of sp³-hybridized carbons (Fsp3) is 0.0909. The van der Waals surface area contributed by atoms with E-state index in [0.717, 1.165) is 11.3 Å². The van der Waals surface area contributed by atoms with Gasteiger partial charge in [-0.15, -0.1) is 0 Å². The van der Waals surface area contributed by atoms with Gasteiger partial charge in [-0.1, -0.05) is 12.1 Å². The van der Waals surface area contributed by atoms with Crippen LogP contribution in [-0.4, -0.2) is 15.9 Å². The lowest BCUT2D eigenvalue weighted by Crippen LogP contribution is -1.96. The van der Waals surface area contributed by atoms with Gasteiger partial charge in [0.1, 0.15) is 5.82 Å². The average molecular weight is 218 g/mol. The van der Waals surface area contributed by atoms with Gasteiger partial charge in [0, 0.05) is 0 Å². The van der Waals surface area contributed by atoms with E-state index in [0.29, 0.717) is 5.95 Å². The maximum Gasteiger partial charge on any atom is 0.221 e. The monoisotopic (exact) mass is 218 g/mol. The van der Waals surface area contributed by atoms with Crippen molar-refractivity contribution in [3.63, 3.8) is 0 Å². The number of rotatable bonds is 2. The Hall–Kier alpha value is -2.17. The fourth-order valence-electron chi connectivity index (χ4n) is 1.27. The van der Waals surface area contributed by atoms with E-state index in [2.05, 4.69) is 10.1 Å². The van der Waals surface area contributed by atoms with Gasteiger partial charge in [-0.25, -0.2) is 14.1 Å². The number of aryl methyl sites for hydroxylation is 1. The summed E-state index contributed by atoms with van der Waals surface area (Å²) in [4.78, 5) is 4.00. The highest BCUT2D eigenvalue weighted by atomic mass is 19.1. The molecule has 0 aliphatic heterocycles. The van der Waals surface area contributed by atoms with Gasteiger partial charge in [-0.3, -0.25) is 0 Å². The summed E-state index contributed by atoms with van der Waals surface area (Å²) < 4.78 is 14.1. The largest absolute Gasteiger partial charge is 0.368 e. The lowest BCUT2D eigenvalue weighted by atomic mass is 10.2. The Kier molecular flexibility index (Phi) is 2.68. The average Bonchev–Trinajstić information content (AvgIpc) is 2.57. The first-order valence-electron chi connectivity index (χ1n) is 4.76. The number of nitrogens with two attached hydrogens (primary N) is 1. The number of nitrogen functional groups attached to an aromatic ring is 1. The third-order valence-electron chi connectivity index (χ3n) is 2.04. The summed E-state index contributed by atoms with van der Waals surface area (Å²) in [6, 6.07) is 6.03. The minimum Gasteiger partial charge on any atom is -0.368 e. The molecule has 0 bridgehead atoms. The molecule has 0 spiro atoms. The molecule has 1 aromatic heterocycles. The van der Waals surface area contributed by atoms with Crippen molar-refractivity contribution in [2.45, 2.75) is 6.92 Å². The summed E-state index contributed by atoms with van der Waals surface area (Å²) in [5.74, 6) is 0.0611. The first-order valence-corrected chi connectivity index (χ1v) is 4.76. The van der Waals surface area contributed by atoms with E-state index in [1.54, 1.807) is 24.5 Å². The molecule has 0 atom stereocenters. The second-order valence-corrected chi connectivity index (χ2v) is 3.38. The summed E-state index contributed by atoms with van der Waals surface area (Å²) in [5.41, 5.74) is 7.21. The van der Waals surface area contributed by atoms with Gasteiger partial charge >= 0.3 is 0 Å². The van der Waals surface area contributed by atoms with Gasteiger partial charge in [0.05, 0.1) is 18.1 Å². The lowest BCUT2D eigenvalue weighted by Gasteiger charge is -1.95. The van der Waals surface area contributed by atoms with Crippen LogP contribution in [0.25, 0.3) is 0 Å². The molecule has 0 unspecified atom stereocenters. The first kappa shape index (κ1) is 10.4. The maximum absolute atomic E-state index is 12.6. The standard InChI is InChI=1S/C11H11FN4/c1-8-7-16(11(13)15-8)14-6-9-2-4-10(12)5-3-9/h2-7H,1H3,(H2,13,15).